The van der Waals surface area contributed by atoms with Crippen LogP contribution >= 0.6 is 0 Å². The number of hydrogen-bond acceptors (Lipinski definition) is 4. The summed E-state index contributed by atoms with van der Waals surface area (Å²) in [5, 5.41) is 0. The van der Waals surface area contributed by atoms with Crippen molar-refractivity contribution < 1.29 is 17.2 Å². The van der Waals surface area contributed by atoms with Crippen LogP contribution in [0.2, 0.25) is 0 Å². The summed E-state index contributed by atoms with van der Waals surface area (Å²) in [4.78, 5) is 5.12. The number of sulfone groups is 1. The highest BCUT2D eigenvalue weighted by atomic mass is 32.2. The molecule has 1 saturated heterocycles. The topological polar surface area (TPSA) is 40.6 Å². The SMILES string of the molecule is CS(=O)(=O)c1cccc(N2CCN(C[C@H]3CC[C@]4(CC3)CC4(F)F)[C@H](c3ccccc3)C2)c1. The third-order valence-electron chi connectivity index (χ3n) is 8.05. The van der Waals surface area contributed by atoms with E-state index in [-0.39, 0.29) is 12.5 Å². The predicted octanol–water partition coefficient (Wildman–Crippen LogP) is 5.17. The Kier molecular flexibility index (Phi) is 5.76. The number of benzene rings is 2. The molecule has 2 aromatic rings. The molecule has 1 atom stereocenters. The molecule has 0 N–H and O–H groups in total. The van der Waals surface area contributed by atoms with Crippen LogP contribution in [0.1, 0.15) is 43.7 Å². The Morgan fingerprint density at radius 2 is 1.70 bits per heavy atom. The molecular weight excluding hydrogens is 442 g/mol. The quantitative estimate of drug-likeness (QED) is 0.600. The fourth-order valence-electron chi connectivity index (χ4n) is 5.84. The Bertz CT molecular complexity index is 1100. The van der Waals surface area contributed by atoms with Gasteiger partial charge in [0, 0.05) is 50.0 Å². The van der Waals surface area contributed by atoms with Crippen molar-refractivity contribution in [2.75, 3.05) is 37.3 Å². The van der Waals surface area contributed by atoms with Gasteiger partial charge in [-0.15, -0.1) is 0 Å². The molecule has 0 radical (unpaired) electrons. The zero-order chi connectivity index (χ0) is 23.3. The van der Waals surface area contributed by atoms with Gasteiger partial charge in [-0.05, 0) is 55.4 Å². The van der Waals surface area contributed by atoms with Crippen LogP contribution < -0.4 is 4.90 Å². The Morgan fingerprint density at radius 3 is 2.33 bits per heavy atom. The molecule has 0 bridgehead atoms. The minimum absolute atomic E-state index is 0.0879. The molecule has 1 aliphatic heterocycles. The highest BCUT2D eigenvalue weighted by molar-refractivity contribution is 7.90. The van der Waals surface area contributed by atoms with Gasteiger partial charge in [0.1, 0.15) is 0 Å². The number of rotatable bonds is 5. The molecular formula is C26H32F2N2O2S. The predicted molar refractivity (Wildman–Crippen MR) is 126 cm³/mol. The van der Waals surface area contributed by atoms with Crippen LogP contribution in [0.5, 0.6) is 0 Å². The minimum atomic E-state index is -3.26. The van der Waals surface area contributed by atoms with Gasteiger partial charge >= 0.3 is 0 Å². The first-order chi connectivity index (χ1) is 15.7. The van der Waals surface area contributed by atoms with Crippen molar-refractivity contribution in [1.82, 2.24) is 4.90 Å². The number of nitrogens with zero attached hydrogens (tertiary/aromatic N) is 2. The van der Waals surface area contributed by atoms with Gasteiger partial charge in [-0.25, -0.2) is 17.2 Å². The fraction of sp³-hybridized carbons (Fsp3) is 0.538. The summed E-state index contributed by atoms with van der Waals surface area (Å²) < 4.78 is 51.7. The first-order valence-electron chi connectivity index (χ1n) is 11.9. The van der Waals surface area contributed by atoms with Crippen LogP contribution in [0.15, 0.2) is 59.5 Å². The lowest BCUT2D eigenvalue weighted by atomic mass is 9.79. The van der Waals surface area contributed by atoms with Gasteiger partial charge in [0.15, 0.2) is 9.84 Å². The molecule has 7 heteroatoms. The maximum atomic E-state index is 13.8. The third-order valence-corrected chi connectivity index (χ3v) is 9.16. The van der Waals surface area contributed by atoms with Crippen molar-refractivity contribution in [3.63, 3.8) is 0 Å². The first kappa shape index (κ1) is 22.8. The van der Waals surface area contributed by atoms with E-state index in [1.807, 2.05) is 12.1 Å². The molecule has 1 spiro atoms. The Balaban J connectivity index is 1.32. The summed E-state index contributed by atoms with van der Waals surface area (Å²) in [6.45, 7) is 3.37. The van der Waals surface area contributed by atoms with E-state index < -0.39 is 21.2 Å². The van der Waals surface area contributed by atoms with Crippen molar-refractivity contribution in [3.8, 4) is 0 Å². The van der Waals surface area contributed by atoms with Gasteiger partial charge < -0.3 is 4.90 Å². The van der Waals surface area contributed by atoms with E-state index in [4.69, 9.17) is 0 Å². The largest absolute Gasteiger partial charge is 0.368 e. The Labute approximate surface area is 195 Å². The Morgan fingerprint density at radius 1 is 1.00 bits per heavy atom. The summed E-state index contributed by atoms with van der Waals surface area (Å²) in [5.74, 6) is -1.98. The van der Waals surface area contributed by atoms with Gasteiger partial charge in [0.25, 0.3) is 5.92 Å². The molecule has 33 heavy (non-hydrogen) atoms. The second-order valence-corrected chi connectivity index (χ2v) is 12.3. The third kappa shape index (κ3) is 4.54. The number of anilines is 1. The Hall–Kier alpha value is -1.99. The smallest absolute Gasteiger partial charge is 0.254 e. The average Bonchev–Trinajstić information content (AvgIpc) is 3.34. The average molecular weight is 475 g/mol. The van der Waals surface area contributed by atoms with Gasteiger partial charge in [-0.2, -0.15) is 0 Å². The second kappa shape index (κ2) is 8.35. The normalized spacial score (nSPS) is 29.8. The molecule has 2 aromatic carbocycles. The van der Waals surface area contributed by atoms with E-state index in [0.29, 0.717) is 23.7 Å². The zero-order valence-electron chi connectivity index (χ0n) is 19.1. The molecule has 1 heterocycles. The van der Waals surface area contributed by atoms with E-state index in [1.165, 1.54) is 11.8 Å². The first-order valence-corrected chi connectivity index (χ1v) is 13.8. The van der Waals surface area contributed by atoms with Crippen molar-refractivity contribution in [1.29, 1.82) is 0 Å². The van der Waals surface area contributed by atoms with Gasteiger partial charge in [-0.1, -0.05) is 36.4 Å². The summed E-state index contributed by atoms with van der Waals surface area (Å²) in [5.41, 5.74) is 1.47. The van der Waals surface area contributed by atoms with Crippen molar-refractivity contribution >= 4 is 15.5 Å². The summed E-state index contributed by atoms with van der Waals surface area (Å²) in [6.07, 6.45) is 4.40. The molecule has 2 aliphatic carbocycles. The highest BCUT2D eigenvalue weighted by Crippen LogP contribution is 2.68. The molecule has 3 aliphatic rings. The van der Waals surface area contributed by atoms with Crippen molar-refractivity contribution in [3.05, 3.63) is 60.2 Å². The van der Waals surface area contributed by atoms with Gasteiger partial charge in [-0.3, -0.25) is 4.90 Å². The van der Waals surface area contributed by atoms with Crippen LogP contribution in [0, 0.1) is 11.3 Å². The number of hydrogen-bond donors (Lipinski definition) is 0. The van der Waals surface area contributed by atoms with Crippen LogP contribution in [0.25, 0.3) is 0 Å². The van der Waals surface area contributed by atoms with E-state index >= 15 is 0 Å². The summed E-state index contributed by atoms with van der Waals surface area (Å²) in [7, 11) is -3.26. The van der Waals surface area contributed by atoms with E-state index in [1.54, 1.807) is 18.2 Å². The standard InChI is InChI=1S/C26H32F2N2O2S/c1-33(31,32)23-9-5-8-22(16-23)29-14-15-30(24(18-29)21-6-3-2-4-7-21)17-20-10-12-25(13-11-20)19-26(25,27)28/h2-9,16,20,24H,10-15,17-19H2,1H3/t20-,24-,25-/m0/s1. The molecule has 2 saturated carbocycles. The summed E-state index contributed by atoms with van der Waals surface area (Å²) >= 11 is 0. The molecule has 178 valence electrons. The lowest BCUT2D eigenvalue weighted by molar-refractivity contribution is 0.0337. The monoisotopic (exact) mass is 474 g/mol. The lowest BCUT2D eigenvalue weighted by Gasteiger charge is -2.45. The molecule has 0 unspecified atom stereocenters. The number of piperazine rings is 1. The fourth-order valence-corrected chi connectivity index (χ4v) is 6.50. The van der Waals surface area contributed by atoms with Crippen LogP contribution in [0.3, 0.4) is 0 Å². The molecule has 0 aromatic heterocycles. The maximum Gasteiger partial charge on any atom is 0.254 e. The van der Waals surface area contributed by atoms with Crippen LogP contribution in [0.4, 0.5) is 14.5 Å². The zero-order valence-corrected chi connectivity index (χ0v) is 19.9. The van der Waals surface area contributed by atoms with E-state index in [9.17, 15) is 17.2 Å². The summed E-state index contributed by atoms with van der Waals surface area (Å²) in [6, 6.07) is 17.8. The number of halogens is 2. The highest BCUT2D eigenvalue weighted by Gasteiger charge is 2.70. The van der Waals surface area contributed by atoms with Gasteiger partial charge in [0.05, 0.1) is 10.9 Å². The van der Waals surface area contributed by atoms with Crippen molar-refractivity contribution in [2.24, 2.45) is 11.3 Å². The molecule has 0 amide bonds. The van der Waals surface area contributed by atoms with Crippen LogP contribution in [-0.4, -0.2) is 51.7 Å². The van der Waals surface area contributed by atoms with Gasteiger partial charge in [0.2, 0.25) is 0 Å². The van der Waals surface area contributed by atoms with E-state index in [2.05, 4.69) is 34.1 Å². The minimum Gasteiger partial charge on any atom is -0.368 e. The maximum absolute atomic E-state index is 13.8. The second-order valence-electron chi connectivity index (χ2n) is 10.2. The van der Waals surface area contributed by atoms with Crippen LogP contribution in [-0.2, 0) is 9.84 Å². The number of alkyl halides is 2. The molecule has 3 fully saturated rings. The lowest BCUT2D eigenvalue weighted by Crippen LogP contribution is -2.50. The van der Waals surface area contributed by atoms with Crippen molar-refractivity contribution in [2.45, 2.75) is 49.0 Å². The molecule has 5 rings (SSSR count). The molecule has 4 nitrogen and oxygen atoms in total. The van der Waals surface area contributed by atoms with E-state index in [0.717, 1.165) is 44.7 Å².